The second kappa shape index (κ2) is 8.21. The molecule has 1 unspecified atom stereocenters. The fourth-order valence-electron chi connectivity index (χ4n) is 1.56. The Hall–Kier alpha value is -1.15. The van der Waals surface area contributed by atoms with E-state index in [2.05, 4.69) is 10.0 Å². The second-order valence-electron chi connectivity index (χ2n) is 4.41. The molecule has 20 heavy (non-hydrogen) atoms. The van der Waals surface area contributed by atoms with Crippen LogP contribution in [-0.2, 0) is 14.8 Å². The quantitative estimate of drug-likeness (QED) is 0.628. The van der Waals surface area contributed by atoms with Crippen LogP contribution in [0.1, 0.15) is 13.3 Å². The summed E-state index contributed by atoms with van der Waals surface area (Å²) >= 11 is 0. The molecule has 0 radical (unpaired) electrons. The minimum absolute atomic E-state index is 0.230. The fraction of sp³-hybridized carbons (Fsp3) is 0.538. The van der Waals surface area contributed by atoms with Crippen LogP contribution in [-0.4, -0.2) is 46.4 Å². The minimum Gasteiger partial charge on any atom is -0.389 e. The van der Waals surface area contributed by atoms with Crippen molar-refractivity contribution in [1.29, 1.82) is 0 Å². The average Bonchev–Trinajstić information content (AvgIpc) is 2.44. The summed E-state index contributed by atoms with van der Waals surface area (Å²) in [6, 6.07) is 6.39. The smallest absolute Gasteiger partial charge is 0.240 e. The lowest BCUT2D eigenvalue weighted by atomic mass is 10.3. The van der Waals surface area contributed by atoms with E-state index in [1.54, 1.807) is 12.1 Å². The Bertz CT molecular complexity index is 488. The highest BCUT2D eigenvalue weighted by molar-refractivity contribution is 7.89. The van der Waals surface area contributed by atoms with Crippen molar-refractivity contribution in [3.8, 4) is 0 Å². The van der Waals surface area contributed by atoms with Crippen molar-refractivity contribution in [3.05, 3.63) is 24.3 Å². The van der Waals surface area contributed by atoms with Crippen LogP contribution in [0.25, 0.3) is 0 Å². The first-order chi connectivity index (χ1) is 9.49. The van der Waals surface area contributed by atoms with Gasteiger partial charge >= 0.3 is 0 Å². The maximum atomic E-state index is 11.9. The van der Waals surface area contributed by atoms with Gasteiger partial charge in [-0.25, -0.2) is 13.1 Å². The third kappa shape index (κ3) is 5.46. The number of nitrogens with one attached hydrogen (secondary N) is 2. The molecular weight excluding hydrogens is 280 g/mol. The van der Waals surface area contributed by atoms with E-state index in [1.165, 1.54) is 19.2 Å². The topological polar surface area (TPSA) is 87.7 Å². The van der Waals surface area contributed by atoms with Crippen LogP contribution in [0.5, 0.6) is 0 Å². The molecule has 0 heterocycles. The molecule has 1 rings (SSSR count). The first-order valence-electron chi connectivity index (χ1n) is 6.50. The molecule has 0 saturated carbocycles. The Kier molecular flexibility index (Phi) is 6.94. The molecule has 6 nitrogen and oxygen atoms in total. The number of ether oxygens (including phenoxy) is 1. The van der Waals surface area contributed by atoms with E-state index in [-0.39, 0.29) is 11.5 Å². The van der Waals surface area contributed by atoms with Gasteiger partial charge in [0.25, 0.3) is 0 Å². The molecule has 0 aliphatic rings. The lowest BCUT2D eigenvalue weighted by Gasteiger charge is -2.12. The number of hydrogen-bond acceptors (Lipinski definition) is 5. The lowest BCUT2D eigenvalue weighted by Crippen LogP contribution is -2.25. The monoisotopic (exact) mass is 302 g/mol. The first kappa shape index (κ1) is 16.9. The van der Waals surface area contributed by atoms with Gasteiger partial charge in [0.15, 0.2) is 0 Å². The Morgan fingerprint density at radius 3 is 2.50 bits per heavy atom. The summed E-state index contributed by atoms with van der Waals surface area (Å²) in [5.41, 5.74) is 0.745. The van der Waals surface area contributed by atoms with Crippen molar-refractivity contribution in [2.24, 2.45) is 0 Å². The molecule has 3 N–H and O–H groups in total. The van der Waals surface area contributed by atoms with Crippen molar-refractivity contribution < 1.29 is 18.3 Å². The standard InChI is InChI=1S/C13H22N2O4S/c1-3-8-15-20(17,18)13-6-4-11(5-7-13)14-9-12(16)10-19-2/h4-7,12,14-16H,3,8-10H2,1-2H3. The van der Waals surface area contributed by atoms with Crippen molar-refractivity contribution >= 4 is 15.7 Å². The number of anilines is 1. The molecule has 0 aromatic heterocycles. The van der Waals surface area contributed by atoms with Gasteiger partial charge < -0.3 is 15.2 Å². The number of methoxy groups -OCH3 is 1. The number of aliphatic hydroxyl groups excluding tert-OH is 1. The summed E-state index contributed by atoms with van der Waals surface area (Å²) in [4.78, 5) is 0.230. The van der Waals surface area contributed by atoms with Gasteiger partial charge in [0, 0.05) is 25.9 Å². The van der Waals surface area contributed by atoms with Crippen LogP contribution < -0.4 is 10.0 Å². The van der Waals surface area contributed by atoms with E-state index in [1.807, 2.05) is 6.92 Å². The Morgan fingerprint density at radius 1 is 1.30 bits per heavy atom. The third-order valence-corrected chi connectivity index (χ3v) is 4.08. The molecule has 0 spiro atoms. The molecule has 7 heteroatoms. The molecular formula is C13H22N2O4S. The van der Waals surface area contributed by atoms with Gasteiger partial charge in [-0.05, 0) is 30.7 Å². The Labute approximate surface area is 120 Å². The first-order valence-corrected chi connectivity index (χ1v) is 7.98. The SMILES string of the molecule is CCCNS(=O)(=O)c1ccc(NCC(O)COC)cc1. The number of aliphatic hydroxyl groups is 1. The summed E-state index contributed by atoms with van der Waals surface area (Å²) in [5, 5.41) is 12.5. The zero-order valence-electron chi connectivity index (χ0n) is 11.8. The molecule has 0 saturated heterocycles. The van der Waals surface area contributed by atoms with E-state index in [0.29, 0.717) is 13.1 Å². The van der Waals surface area contributed by atoms with Crippen LogP contribution in [0.2, 0.25) is 0 Å². The van der Waals surface area contributed by atoms with Crippen LogP contribution in [0.4, 0.5) is 5.69 Å². The number of sulfonamides is 1. The fourth-order valence-corrected chi connectivity index (χ4v) is 2.69. The predicted octanol–water partition coefficient (Wildman–Crippen LogP) is 0.794. The van der Waals surface area contributed by atoms with E-state index in [0.717, 1.165) is 12.1 Å². The van der Waals surface area contributed by atoms with Crippen molar-refractivity contribution in [3.63, 3.8) is 0 Å². The van der Waals surface area contributed by atoms with E-state index in [9.17, 15) is 13.5 Å². The molecule has 1 atom stereocenters. The van der Waals surface area contributed by atoms with Gasteiger partial charge in [-0.2, -0.15) is 0 Å². The predicted molar refractivity (Wildman–Crippen MR) is 78.3 cm³/mol. The number of benzene rings is 1. The summed E-state index contributed by atoms with van der Waals surface area (Å²) < 4.78 is 31.1. The molecule has 1 aromatic rings. The van der Waals surface area contributed by atoms with Gasteiger partial charge in [-0.3, -0.25) is 0 Å². The molecule has 0 aliphatic heterocycles. The maximum Gasteiger partial charge on any atom is 0.240 e. The Morgan fingerprint density at radius 2 is 1.95 bits per heavy atom. The minimum atomic E-state index is -3.43. The van der Waals surface area contributed by atoms with Gasteiger partial charge in [0.05, 0.1) is 17.6 Å². The zero-order chi connectivity index (χ0) is 15.0. The molecule has 0 aliphatic carbocycles. The molecule has 0 amide bonds. The van der Waals surface area contributed by atoms with Crippen molar-refractivity contribution in [2.45, 2.75) is 24.3 Å². The van der Waals surface area contributed by atoms with Crippen molar-refractivity contribution in [2.75, 3.05) is 32.1 Å². The van der Waals surface area contributed by atoms with Crippen LogP contribution >= 0.6 is 0 Å². The highest BCUT2D eigenvalue weighted by Gasteiger charge is 2.12. The second-order valence-corrected chi connectivity index (χ2v) is 6.18. The largest absolute Gasteiger partial charge is 0.389 e. The average molecular weight is 302 g/mol. The van der Waals surface area contributed by atoms with E-state index in [4.69, 9.17) is 4.74 Å². The molecule has 114 valence electrons. The lowest BCUT2D eigenvalue weighted by molar-refractivity contribution is 0.0727. The summed E-state index contributed by atoms with van der Waals surface area (Å²) in [6.07, 6.45) is 0.144. The van der Waals surface area contributed by atoms with Gasteiger partial charge in [0.2, 0.25) is 10.0 Å². The zero-order valence-corrected chi connectivity index (χ0v) is 12.6. The molecule has 1 aromatic carbocycles. The maximum absolute atomic E-state index is 11.9. The molecule has 0 bridgehead atoms. The van der Waals surface area contributed by atoms with Gasteiger partial charge in [0.1, 0.15) is 0 Å². The summed E-state index contributed by atoms with van der Waals surface area (Å²) in [5.74, 6) is 0. The normalized spacial score (nSPS) is 13.2. The van der Waals surface area contributed by atoms with Crippen LogP contribution in [0, 0.1) is 0 Å². The Balaban J connectivity index is 2.60. The number of rotatable bonds is 9. The number of hydrogen-bond donors (Lipinski definition) is 3. The van der Waals surface area contributed by atoms with Gasteiger partial charge in [-0.15, -0.1) is 0 Å². The van der Waals surface area contributed by atoms with Crippen LogP contribution in [0.3, 0.4) is 0 Å². The highest BCUT2D eigenvalue weighted by atomic mass is 32.2. The molecule has 0 fully saturated rings. The van der Waals surface area contributed by atoms with Crippen LogP contribution in [0.15, 0.2) is 29.2 Å². The van der Waals surface area contributed by atoms with E-state index >= 15 is 0 Å². The van der Waals surface area contributed by atoms with E-state index < -0.39 is 16.1 Å². The highest BCUT2D eigenvalue weighted by Crippen LogP contribution is 2.13. The summed E-state index contributed by atoms with van der Waals surface area (Å²) in [7, 11) is -1.91. The van der Waals surface area contributed by atoms with Crippen molar-refractivity contribution in [1.82, 2.24) is 4.72 Å². The van der Waals surface area contributed by atoms with Gasteiger partial charge in [-0.1, -0.05) is 6.92 Å². The summed E-state index contributed by atoms with van der Waals surface area (Å²) in [6.45, 7) is 2.92. The third-order valence-electron chi connectivity index (χ3n) is 2.61.